The molecule has 1 fully saturated rings. The van der Waals surface area contributed by atoms with E-state index in [0.29, 0.717) is 23.1 Å². The van der Waals surface area contributed by atoms with Gasteiger partial charge >= 0.3 is 0 Å². The molecule has 9 nitrogen and oxygen atoms in total. The summed E-state index contributed by atoms with van der Waals surface area (Å²) in [6, 6.07) is 23.4. The molecule has 0 saturated carbocycles. The van der Waals surface area contributed by atoms with Crippen LogP contribution >= 0.6 is 0 Å². The number of benzene rings is 1. The number of ether oxygens (including phenoxy) is 1. The van der Waals surface area contributed by atoms with E-state index in [-0.39, 0.29) is 6.10 Å². The molecule has 9 heteroatoms. The van der Waals surface area contributed by atoms with Gasteiger partial charge in [-0.1, -0.05) is 30.3 Å². The van der Waals surface area contributed by atoms with Crippen LogP contribution in [0.4, 0.5) is 5.82 Å². The molecule has 1 aliphatic heterocycles. The molecule has 182 valence electrons. The number of nitriles is 1. The SMILES string of the molecule is N#Cc1ccc(OC2CCN(n3c(-c4cccnc4N)nc4ccc(-c5ccccc5)nc43)CC2)nc1. The van der Waals surface area contributed by atoms with E-state index >= 15 is 0 Å². The Morgan fingerprint density at radius 1 is 0.919 bits per heavy atom. The Labute approximate surface area is 213 Å². The summed E-state index contributed by atoms with van der Waals surface area (Å²) in [6.07, 6.45) is 4.81. The topological polar surface area (TPSA) is 119 Å². The lowest BCUT2D eigenvalue weighted by Crippen LogP contribution is -2.45. The molecule has 4 aromatic heterocycles. The first-order chi connectivity index (χ1) is 18.2. The number of anilines is 1. The second-order valence-corrected chi connectivity index (χ2v) is 8.86. The van der Waals surface area contributed by atoms with E-state index < -0.39 is 0 Å². The predicted molar refractivity (Wildman–Crippen MR) is 141 cm³/mol. The molecule has 2 N–H and O–H groups in total. The Balaban J connectivity index is 1.34. The Hall–Kier alpha value is -4.97. The lowest BCUT2D eigenvalue weighted by Gasteiger charge is -2.34. The standard InChI is InChI=1S/C28H24N8O/c29-17-19-8-11-25(32-18-19)37-21-12-15-35(16-13-21)36-27(22-7-4-14-31-26(22)30)34-24-10-9-23(33-28(24)36)20-5-2-1-3-6-20/h1-11,14,18,21H,12-13,15-16H2,(H2,30,31). The Kier molecular flexibility index (Phi) is 5.83. The first kappa shape index (κ1) is 22.5. The number of rotatable bonds is 5. The van der Waals surface area contributed by atoms with Gasteiger partial charge in [0.05, 0.1) is 16.8 Å². The van der Waals surface area contributed by atoms with Gasteiger partial charge in [-0.25, -0.2) is 24.6 Å². The second kappa shape index (κ2) is 9.59. The fraction of sp³-hybridized carbons (Fsp3) is 0.179. The van der Waals surface area contributed by atoms with Gasteiger partial charge in [0, 0.05) is 50.0 Å². The van der Waals surface area contributed by atoms with Crippen LogP contribution in [0.15, 0.2) is 79.1 Å². The number of pyridine rings is 3. The van der Waals surface area contributed by atoms with Crippen LogP contribution in [0.1, 0.15) is 18.4 Å². The zero-order chi connectivity index (χ0) is 25.2. The highest BCUT2D eigenvalue weighted by atomic mass is 16.5. The summed E-state index contributed by atoms with van der Waals surface area (Å²) in [7, 11) is 0. The zero-order valence-corrected chi connectivity index (χ0v) is 20.0. The molecule has 0 unspecified atom stereocenters. The van der Waals surface area contributed by atoms with Gasteiger partial charge in [0.25, 0.3) is 0 Å². The minimum Gasteiger partial charge on any atom is -0.474 e. The van der Waals surface area contributed by atoms with Gasteiger partial charge in [0.2, 0.25) is 5.88 Å². The van der Waals surface area contributed by atoms with Gasteiger partial charge in [0.1, 0.15) is 23.5 Å². The third kappa shape index (κ3) is 4.41. The summed E-state index contributed by atoms with van der Waals surface area (Å²) >= 11 is 0. The van der Waals surface area contributed by atoms with Crippen LogP contribution in [0.5, 0.6) is 5.88 Å². The molecule has 0 bridgehead atoms. The van der Waals surface area contributed by atoms with Gasteiger partial charge in [0.15, 0.2) is 11.5 Å². The quantitative estimate of drug-likeness (QED) is 0.391. The van der Waals surface area contributed by atoms with Gasteiger partial charge in [-0.2, -0.15) is 5.26 Å². The smallest absolute Gasteiger partial charge is 0.213 e. The maximum Gasteiger partial charge on any atom is 0.213 e. The third-order valence-electron chi connectivity index (χ3n) is 6.49. The maximum absolute atomic E-state index is 8.99. The summed E-state index contributed by atoms with van der Waals surface area (Å²) < 4.78 is 8.18. The molecule has 5 heterocycles. The summed E-state index contributed by atoms with van der Waals surface area (Å²) in [5, 5.41) is 11.2. The van der Waals surface area contributed by atoms with Crippen molar-refractivity contribution in [2.45, 2.75) is 18.9 Å². The second-order valence-electron chi connectivity index (χ2n) is 8.86. The molecular weight excluding hydrogens is 464 g/mol. The number of fused-ring (bicyclic) bond motifs is 1. The van der Waals surface area contributed by atoms with E-state index in [4.69, 9.17) is 25.7 Å². The lowest BCUT2D eigenvalue weighted by molar-refractivity contribution is 0.157. The fourth-order valence-corrected chi connectivity index (χ4v) is 4.61. The van der Waals surface area contributed by atoms with Crippen LogP contribution in [-0.4, -0.2) is 43.8 Å². The molecule has 0 radical (unpaired) electrons. The molecular formula is C28H24N8O. The largest absolute Gasteiger partial charge is 0.474 e. The van der Waals surface area contributed by atoms with Crippen molar-refractivity contribution in [3.8, 4) is 34.6 Å². The van der Waals surface area contributed by atoms with Gasteiger partial charge in [-0.05, 0) is 30.3 Å². The van der Waals surface area contributed by atoms with Crippen molar-refractivity contribution in [2.24, 2.45) is 0 Å². The van der Waals surface area contributed by atoms with E-state index in [9.17, 15) is 0 Å². The molecule has 6 rings (SSSR count). The van der Waals surface area contributed by atoms with Crippen LogP contribution in [0, 0.1) is 11.3 Å². The number of imidazole rings is 1. The number of nitrogens with two attached hydrogens (primary N) is 1. The monoisotopic (exact) mass is 488 g/mol. The van der Waals surface area contributed by atoms with E-state index in [1.165, 1.54) is 6.20 Å². The maximum atomic E-state index is 8.99. The van der Waals surface area contributed by atoms with Crippen molar-refractivity contribution in [2.75, 3.05) is 23.8 Å². The lowest BCUT2D eigenvalue weighted by atomic mass is 10.1. The van der Waals surface area contributed by atoms with Gasteiger partial charge in [-0.3, -0.25) is 0 Å². The Morgan fingerprint density at radius 3 is 2.49 bits per heavy atom. The molecule has 0 aliphatic carbocycles. The third-order valence-corrected chi connectivity index (χ3v) is 6.49. The summed E-state index contributed by atoms with van der Waals surface area (Å²) in [4.78, 5) is 18.5. The first-order valence-corrected chi connectivity index (χ1v) is 12.1. The van der Waals surface area contributed by atoms with Crippen LogP contribution < -0.4 is 15.5 Å². The van der Waals surface area contributed by atoms with Crippen molar-refractivity contribution >= 4 is 17.0 Å². The predicted octanol–water partition coefficient (Wildman–Crippen LogP) is 4.19. The van der Waals surface area contributed by atoms with Crippen molar-refractivity contribution < 1.29 is 4.74 Å². The van der Waals surface area contributed by atoms with E-state index in [1.807, 2.05) is 42.5 Å². The highest BCUT2D eigenvalue weighted by Crippen LogP contribution is 2.30. The molecule has 37 heavy (non-hydrogen) atoms. The normalized spacial score (nSPS) is 14.0. The number of hydrogen-bond acceptors (Lipinski definition) is 8. The highest BCUT2D eigenvalue weighted by molar-refractivity contribution is 5.82. The van der Waals surface area contributed by atoms with Gasteiger partial charge in [-0.15, -0.1) is 0 Å². The minimum atomic E-state index is 0.0196. The van der Waals surface area contributed by atoms with Crippen LogP contribution in [-0.2, 0) is 0 Å². The van der Waals surface area contributed by atoms with Crippen molar-refractivity contribution in [1.82, 2.24) is 24.6 Å². The van der Waals surface area contributed by atoms with Crippen molar-refractivity contribution in [3.63, 3.8) is 0 Å². The Morgan fingerprint density at radius 2 is 1.76 bits per heavy atom. The fourth-order valence-electron chi connectivity index (χ4n) is 4.61. The molecule has 1 aromatic carbocycles. The van der Waals surface area contributed by atoms with E-state index in [0.717, 1.165) is 53.9 Å². The van der Waals surface area contributed by atoms with Crippen molar-refractivity contribution in [3.05, 3.63) is 84.7 Å². The molecule has 5 aromatic rings. The summed E-state index contributed by atoms with van der Waals surface area (Å²) in [5.41, 5.74) is 11.0. The van der Waals surface area contributed by atoms with E-state index in [1.54, 1.807) is 18.3 Å². The average Bonchev–Trinajstić information content (AvgIpc) is 3.33. The average molecular weight is 489 g/mol. The molecule has 0 amide bonds. The van der Waals surface area contributed by atoms with Crippen molar-refractivity contribution in [1.29, 1.82) is 5.26 Å². The zero-order valence-electron chi connectivity index (χ0n) is 20.0. The molecule has 0 spiro atoms. The minimum absolute atomic E-state index is 0.0196. The molecule has 1 saturated heterocycles. The van der Waals surface area contributed by atoms with Crippen LogP contribution in [0.3, 0.4) is 0 Å². The number of nitrogens with zero attached hydrogens (tertiary/aromatic N) is 7. The number of nitrogen functional groups attached to an aromatic ring is 1. The van der Waals surface area contributed by atoms with Crippen LogP contribution in [0.25, 0.3) is 33.8 Å². The highest BCUT2D eigenvalue weighted by Gasteiger charge is 2.26. The number of hydrogen-bond donors (Lipinski definition) is 1. The summed E-state index contributed by atoms with van der Waals surface area (Å²) in [6.45, 7) is 1.47. The number of piperidine rings is 1. The first-order valence-electron chi connectivity index (χ1n) is 12.1. The van der Waals surface area contributed by atoms with Gasteiger partial charge < -0.3 is 15.5 Å². The van der Waals surface area contributed by atoms with Crippen LogP contribution in [0.2, 0.25) is 0 Å². The molecule has 1 aliphatic rings. The summed E-state index contributed by atoms with van der Waals surface area (Å²) in [5.74, 6) is 1.67. The van der Waals surface area contributed by atoms with E-state index in [2.05, 4.69) is 37.9 Å². The Bertz CT molecular complexity index is 1580. The number of aromatic nitrogens is 5. The molecule has 0 atom stereocenters.